The van der Waals surface area contributed by atoms with Gasteiger partial charge in [-0.2, -0.15) is 4.31 Å². The van der Waals surface area contributed by atoms with Crippen LogP contribution in [0.3, 0.4) is 0 Å². The molecule has 1 N–H and O–H groups in total. The number of nitrogens with zero attached hydrogens (tertiary/aromatic N) is 1. The number of hydrogen-bond donors (Lipinski definition) is 1. The van der Waals surface area contributed by atoms with Crippen LogP contribution in [0.15, 0.2) is 41.8 Å². The van der Waals surface area contributed by atoms with Crippen LogP contribution in [0.1, 0.15) is 31.2 Å². The fraction of sp³-hybridized carbons (Fsp3) is 0.500. The highest BCUT2D eigenvalue weighted by Crippen LogP contribution is 2.32. The Kier molecular flexibility index (Phi) is 4.15. The second kappa shape index (κ2) is 5.91. The summed E-state index contributed by atoms with van der Waals surface area (Å²) < 4.78 is 26.9. The van der Waals surface area contributed by atoms with Crippen LogP contribution in [0, 0.1) is 0 Å². The van der Waals surface area contributed by atoms with Crippen molar-refractivity contribution in [2.24, 2.45) is 0 Å². The Morgan fingerprint density at radius 2 is 1.86 bits per heavy atom. The Balaban J connectivity index is 1.72. The third-order valence-corrected chi connectivity index (χ3v) is 5.90. The number of sulfonamides is 1. The lowest BCUT2D eigenvalue weighted by Crippen LogP contribution is -2.33. The third-order valence-electron chi connectivity index (χ3n) is 3.97. The van der Waals surface area contributed by atoms with E-state index in [4.69, 9.17) is 0 Å². The highest BCUT2D eigenvalue weighted by Gasteiger charge is 2.37. The Hall–Kier alpha value is -1.17. The van der Waals surface area contributed by atoms with Gasteiger partial charge in [0.1, 0.15) is 0 Å². The molecular formula is C16H22N2O2S. The summed E-state index contributed by atoms with van der Waals surface area (Å²) in [4.78, 5) is 0.381. The van der Waals surface area contributed by atoms with Gasteiger partial charge in [0.05, 0.1) is 4.90 Å². The number of benzene rings is 1. The second-order valence-corrected chi connectivity index (χ2v) is 7.78. The van der Waals surface area contributed by atoms with E-state index in [0.29, 0.717) is 17.5 Å². The third kappa shape index (κ3) is 3.54. The van der Waals surface area contributed by atoms with Crippen molar-refractivity contribution in [3.8, 4) is 0 Å². The van der Waals surface area contributed by atoms with Gasteiger partial charge in [0.2, 0.25) is 10.0 Å². The molecule has 2 saturated carbocycles. The smallest absolute Gasteiger partial charge is 0.243 e. The summed E-state index contributed by atoms with van der Waals surface area (Å²) in [5.74, 6) is 0. The normalized spacial score (nSPS) is 18.9. The van der Waals surface area contributed by atoms with Crippen LogP contribution in [0.25, 0.3) is 0 Å². The molecule has 5 heteroatoms. The molecule has 2 aliphatic carbocycles. The quantitative estimate of drug-likeness (QED) is 0.750. The largest absolute Gasteiger partial charge is 0.310 e. The van der Waals surface area contributed by atoms with Crippen LogP contribution in [0.4, 0.5) is 0 Å². The van der Waals surface area contributed by atoms with E-state index in [0.717, 1.165) is 24.9 Å². The van der Waals surface area contributed by atoms with E-state index >= 15 is 0 Å². The van der Waals surface area contributed by atoms with Gasteiger partial charge in [0.15, 0.2) is 0 Å². The fourth-order valence-corrected chi connectivity index (χ4v) is 4.05. The summed E-state index contributed by atoms with van der Waals surface area (Å²) in [6.45, 7) is 4.86. The minimum atomic E-state index is -3.39. The van der Waals surface area contributed by atoms with E-state index in [1.54, 1.807) is 22.5 Å². The molecule has 21 heavy (non-hydrogen) atoms. The topological polar surface area (TPSA) is 49.4 Å². The fourth-order valence-electron chi connectivity index (χ4n) is 2.40. The van der Waals surface area contributed by atoms with Gasteiger partial charge in [0, 0.05) is 25.2 Å². The minimum absolute atomic E-state index is 0.157. The van der Waals surface area contributed by atoms with Crippen LogP contribution in [-0.4, -0.2) is 31.4 Å². The summed E-state index contributed by atoms with van der Waals surface area (Å²) in [6.07, 6.45) is 6.07. The van der Waals surface area contributed by atoms with Gasteiger partial charge in [-0.3, -0.25) is 0 Å². The Labute approximate surface area is 126 Å². The average molecular weight is 306 g/mol. The maximum atomic E-state index is 12.7. The molecule has 0 amide bonds. The first kappa shape index (κ1) is 14.8. The van der Waals surface area contributed by atoms with Crippen LogP contribution < -0.4 is 5.32 Å². The maximum Gasteiger partial charge on any atom is 0.243 e. The lowest BCUT2D eigenvalue weighted by Gasteiger charge is -2.20. The van der Waals surface area contributed by atoms with Crippen LogP contribution in [0.5, 0.6) is 0 Å². The molecule has 0 aromatic heterocycles. The van der Waals surface area contributed by atoms with Gasteiger partial charge in [-0.05, 0) is 43.4 Å². The second-order valence-electron chi connectivity index (χ2n) is 5.89. The summed E-state index contributed by atoms with van der Waals surface area (Å²) >= 11 is 0. The molecule has 0 saturated heterocycles. The zero-order chi connectivity index (χ0) is 14.9. The molecule has 4 nitrogen and oxygen atoms in total. The van der Waals surface area contributed by atoms with Crippen LogP contribution in [0.2, 0.25) is 0 Å². The molecular weight excluding hydrogens is 284 g/mol. The van der Waals surface area contributed by atoms with Crippen molar-refractivity contribution in [1.29, 1.82) is 0 Å². The van der Waals surface area contributed by atoms with E-state index in [1.807, 2.05) is 12.1 Å². The first-order valence-corrected chi connectivity index (χ1v) is 9.00. The molecule has 114 valence electrons. The van der Waals surface area contributed by atoms with Crippen molar-refractivity contribution >= 4 is 10.0 Å². The van der Waals surface area contributed by atoms with Gasteiger partial charge in [-0.25, -0.2) is 8.42 Å². The van der Waals surface area contributed by atoms with Crippen molar-refractivity contribution in [3.63, 3.8) is 0 Å². The van der Waals surface area contributed by atoms with Crippen molar-refractivity contribution in [2.75, 3.05) is 6.54 Å². The van der Waals surface area contributed by atoms with Gasteiger partial charge < -0.3 is 5.32 Å². The molecule has 1 aromatic rings. The zero-order valence-corrected chi connectivity index (χ0v) is 13.0. The first-order valence-electron chi connectivity index (χ1n) is 7.56. The molecule has 0 unspecified atom stereocenters. The highest BCUT2D eigenvalue weighted by molar-refractivity contribution is 7.89. The number of rotatable bonds is 8. The van der Waals surface area contributed by atoms with E-state index < -0.39 is 10.0 Å². The van der Waals surface area contributed by atoms with E-state index in [2.05, 4.69) is 11.9 Å². The van der Waals surface area contributed by atoms with Crippen LogP contribution >= 0.6 is 0 Å². The molecule has 2 aliphatic rings. The van der Waals surface area contributed by atoms with Crippen molar-refractivity contribution in [3.05, 3.63) is 42.5 Å². The molecule has 2 fully saturated rings. The van der Waals surface area contributed by atoms with Gasteiger partial charge in [0.25, 0.3) is 0 Å². The lowest BCUT2D eigenvalue weighted by atomic mass is 10.2. The van der Waals surface area contributed by atoms with Gasteiger partial charge in [-0.15, -0.1) is 6.58 Å². The molecule has 0 aliphatic heterocycles. The molecule has 0 bridgehead atoms. The molecule has 3 rings (SSSR count). The first-order chi connectivity index (χ1) is 10.1. The van der Waals surface area contributed by atoms with E-state index in [1.165, 1.54) is 12.8 Å². The summed E-state index contributed by atoms with van der Waals surface area (Å²) in [5, 5.41) is 3.43. The lowest BCUT2D eigenvalue weighted by molar-refractivity contribution is 0.436. The molecule has 1 aromatic carbocycles. The monoisotopic (exact) mass is 306 g/mol. The minimum Gasteiger partial charge on any atom is -0.310 e. The summed E-state index contributed by atoms with van der Waals surface area (Å²) in [7, 11) is -3.39. The van der Waals surface area contributed by atoms with Crippen LogP contribution in [-0.2, 0) is 16.6 Å². The zero-order valence-electron chi connectivity index (χ0n) is 12.2. The predicted molar refractivity (Wildman–Crippen MR) is 83.4 cm³/mol. The van der Waals surface area contributed by atoms with Gasteiger partial charge >= 0.3 is 0 Å². The standard InChI is InChI=1S/C16H22N2O2S/c1-2-11-18(15-7-8-15)21(19,20)16-9-3-13(4-10-16)12-17-14-5-6-14/h2-4,9-10,14-15,17H,1,5-8,11-12H2. The Morgan fingerprint density at radius 3 is 2.38 bits per heavy atom. The van der Waals surface area contributed by atoms with E-state index in [9.17, 15) is 8.42 Å². The Bertz CT molecular complexity index is 602. The van der Waals surface area contributed by atoms with Crippen molar-refractivity contribution in [2.45, 2.75) is 49.2 Å². The Morgan fingerprint density at radius 1 is 1.19 bits per heavy atom. The number of hydrogen-bond acceptors (Lipinski definition) is 3. The summed E-state index contributed by atoms with van der Waals surface area (Å²) in [5.41, 5.74) is 1.13. The molecule has 0 atom stereocenters. The number of nitrogens with one attached hydrogen (secondary N) is 1. The summed E-state index contributed by atoms with van der Waals surface area (Å²) in [6, 6.07) is 8.06. The molecule has 0 heterocycles. The SMILES string of the molecule is C=CCN(C1CC1)S(=O)(=O)c1ccc(CNC2CC2)cc1. The van der Waals surface area contributed by atoms with E-state index in [-0.39, 0.29) is 6.04 Å². The molecule has 0 radical (unpaired) electrons. The predicted octanol–water partition coefficient (Wildman–Crippen LogP) is 2.28. The highest BCUT2D eigenvalue weighted by atomic mass is 32.2. The van der Waals surface area contributed by atoms with Gasteiger partial charge in [-0.1, -0.05) is 18.2 Å². The average Bonchev–Trinajstić information content (AvgIpc) is 3.37. The molecule has 0 spiro atoms. The van der Waals surface area contributed by atoms with Crippen molar-refractivity contribution < 1.29 is 8.42 Å². The maximum absolute atomic E-state index is 12.7. The van der Waals surface area contributed by atoms with Crippen molar-refractivity contribution in [1.82, 2.24) is 9.62 Å².